The number of carbonyl (C=O) groups is 1. The number of pyridine rings is 1. The van der Waals surface area contributed by atoms with E-state index >= 15 is 0 Å². The number of halogens is 3. The van der Waals surface area contributed by atoms with Gasteiger partial charge in [0, 0.05) is 27.5 Å². The molecule has 1 aliphatic rings. The summed E-state index contributed by atoms with van der Waals surface area (Å²) in [5, 5.41) is 16.6. The molecule has 180 valence electrons. The second kappa shape index (κ2) is 9.69. The topological polar surface area (TPSA) is 77.1 Å². The average Bonchev–Trinajstić information content (AvgIpc) is 3.20. The number of carboxylic acid groups (broad SMARTS) is 1. The Kier molecular flexibility index (Phi) is 6.62. The van der Waals surface area contributed by atoms with Crippen molar-refractivity contribution in [1.29, 1.82) is 0 Å². The zero-order chi connectivity index (χ0) is 24.7. The second-order valence-corrected chi connectivity index (χ2v) is 10.2. The first kappa shape index (κ1) is 23.9. The fourth-order valence-electron chi connectivity index (χ4n) is 4.86. The van der Waals surface area contributed by atoms with Gasteiger partial charge >= 0.3 is 5.97 Å². The highest BCUT2D eigenvalue weighted by atomic mass is 35.5. The second-order valence-electron chi connectivity index (χ2n) is 8.88. The molecule has 0 amide bonds. The van der Waals surface area contributed by atoms with Crippen LogP contribution in [0.4, 0.5) is 0 Å². The van der Waals surface area contributed by atoms with Crippen molar-refractivity contribution in [3.05, 3.63) is 79.5 Å². The SMILES string of the molecule is O=C(O)c1cc2c(-c3ccc(Cl)cc3)n(-c3ccc(Cl)cc3Cl)nc2n(CC2CCCCC2)c1=O. The minimum atomic E-state index is -1.27. The van der Waals surface area contributed by atoms with Crippen LogP contribution in [0.1, 0.15) is 42.5 Å². The molecule has 1 fully saturated rings. The fourth-order valence-corrected chi connectivity index (χ4v) is 5.48. The molecular weight excluding hydrogens is 509 g/mol. The molecule has 0 saturated heterocycles. The van der Waals surface area contributed by atoms with Crippen molar-refractivity contribution in [3.63, 3.8) is 0 Å². The summed E-state index contributed by atoms with van der Waals surface area (Å²) in [4.78, 5) is 25.4. The number of fused-ring (bicyclic) bond motifs is 1. The molecule has 0 unspecified atom stereocenters. The number of carboxylic acids is 1. The van der Waals surface area contributed by atoms with E-state index in [0.717, 1.165) is 31.2 Å². The standard InChI is InChI=1S/C26H22Cl3N3O3/c27-17-8-6-16(7-9-17)23-19-13-20(26(34)35)25(33)31(14-15-4-2-1-3-5-15)24(19)30-32(23)22-11-10-18(28)12-21(22)29/h6-13,15H,1-5,14H2,(H,34,35). The van der Waals surface area contributed by atoms with Crippen molar-refractivity contribution in [2.24, 2.45) is 5.92 Å². The zero-order valence-electron chi connectivity index (χ0n) is 18.7. The van der Waals surface area contributed by atoms with Crippen LogP contribution >= 0.6 is 34.8 Å². The van der Waals surface area contributed by atoms with E-state index in [1.807, 2.05) is 12.1 Å². The van der Waals surface area contributed by atoms with Gasteiger partial charge in [0.05, 0.1) is 16.4 Å². The predicted molar refractivity (Wildman–Crippen MR) is 139 cm³/mol. The van der Waals surface area contributed by atoms with Gasteiger partial charge in [0.1, 0.15) is 5.56 Å². The number of nitrogens with zero attached hydrogens (tertiary/aromatic N) is 3. The van der Waals surface area contributed by atoms with Gasteiger partial charge in [-0.2, -0.15) is 0 Å². The normalized spacial score (nSPS) is 14.5. The van der Waals surface area contributed by atoms with Crippen LogP contribution in [-0.4, -0.2) is 25.4 Å². The van der Waals surface area contributed by atoms with Crippen LogP contribution in [0.2, 0.25) is 15.1 Å². The van der Waals surface area contributed by atoms with E-state index < -0.39 is 11.5 Å². The lowest BCUT2D eigenvalue weighted by Gasteiger charge is -2.22. The van der Waals surface area contributed by atoms with E-state index in [1.54, 1.807) is 35.0 Å². The molecule has 0 atom stereocenters. The predicted octanol–water partition coefficient (Wildman–Crippen LogP) is 7.09. The molecule has 35 heavy (non-hydrogen) atoms. The lowest BCUT2D eigenvalue weighted by atomic mass is 9.89. The number of aromatic carboxylic acids is 1. The summed E-state index contributed by atoms with van der Waals surface area (Å²) < 4.78 is 3.17. The molecule has 1 N–H and O–H groups in total. The minimum absolute atomic E-state index is 0.287. The van der Waals surface area contributed by atoms with Crippen molar-refractivity contribution < 1.29 is 9.90 Å². The van der Waals surface area contributed by atoms with Gasteiger partial charge < -0.3 is 5.11 Å². The van der Waals surface area contributed by atoms with Gasteiger partial charge in [-0.05, 0) is 55.2 Å². The Morgan fingerprint density at radius 1 is 0.971 bits per heavy atom. The monoisotopic (exact) mass is 529 g/mol. The largest absolute Gasteiger partial charge is 0.477 e. The lowest BCUT2D eigenvalue weighted by molar-refractivity contribution is 0.0694. The van der Waals surface area contributed by atoms with Gasteiger partial charge in [0.2, 0.25) is 0 Å². The Morgan fingerprint density at radius 2 is 1.66 bits per heavy atom. The molecule has 5 rings (SSSR count). The maximum atomic E-state index is 13.3. The molecule has 0 bridgehead atoms. The smallest absolute Gasteiger partial charge is 0.341 e. The number of benzene rings is 2. The summed E-state index contributed by atoms with van der Waals surface area (Å²) in [6, 6.07) is 13.6. The Balaban J connectivity index is 1.84. The first-order valence-corrected chi connectivity index (χ1v) is 12.6. The molecule has 1 aliphatic carbocycles. The summed E-state index contributed by atoms with van der Waals surface area (Å²) in [6.45, 7) is 0.419. The van der Waals surface area contributed by atoms with E-state index in [-0.39, 0.29) is 11.5 Å². The van der Waals surface area contributed by atoms with Crippen LogP contribution < -0.4 is 5.56 Å². The fraction of sp³-hybridized carbons (Fsp3) is 0.269. The third-order valence-electron chi connectivity index (χ3n) is 6.57. The summed E-state index contributed by atoms with van der Waals surface area (Å²) in [5.74, 6) is -0.981. The van der Waals surface area contributed by atoms with Gasteiger partial charge in [-0.1, -0.05) is 66.2 Å². The summed E-state index contributed by atoms with van der Waals surface area (Å²) in [5.41, 5.74) is 1.51. The molecule has 4 aromatic rings. The first-order valence-electron chi connectivity index (χ1n) is 11.4. The van der Waals surface area contributed by atoms with E-state index in [9.17, 15) is 14.7 Å². The Labute approximate surface area is 216 Å². The van der Waals surface area contributed by atoms with Gasteiger partial charge in [-0.15, -0.1) is 5.10 Å². The third kappa shape index (κ3) is 4.58. The highest BCUT2D eigenvalue weighted by molar-refractivity contribution is 6.35. The van der Waals surface area contributed by atoms with Crippen LogP contribution in [0, 0.1) is 5.92 Å². The molecule has 0 aliphatic heterocycles. The number of rotatable bonds is 5. The Bertz CT molecular complexity index is 1490. The molecule has 9 heteroatoms. The molecule has 2 aromatic heterocycles. The quantitative estimate of drug-likeness (QED) is 0.299. The van der Waals surface area contributed by atoms with E-state index in [2.05, 4.69) is 0 Å². The zero-order valence-corrected chi connectivity index (χ0v) is 20.9. The molecule has 1 saturated carbocycles. The highest BCUT2D eigenvalue weighted by Gasteiger charge is 2.25. The molecule has 0 spiro atoms. The van der Waals surface area contributed by atoms with Crippen LogP contribution in [0.3, 0.4) is 0 Å². The summed E-state index contributed by atoms with van der Waals surface area (Å²) in [6.07, 6.45) is 5.39. The average molecular weight is 531 g/mol. The molecule has 2 aromatic carbocycles. The van der Waals surface area contributed by atoms with Crippen molar-refractivity contribution in [3.8, 4) is 16.9 Å². The minimum Gasteiger partial charge on any atom is -0.477 e. The van der Waals surface area contributed by atoms with Gasteiger partial charge in [-0.25, -0.2) is 9.48 Å². The number of aromatic nitrogens is 3. The van der Waals surface area contributed by atoms with Crippen LogP contribution in [0.5, 0.6) is 0 Å². The number of hydrogen-bond donors (Lipinski definition) is 1. The van der Waals surface area contributed by atoms with Crippen molar-refractivity contribution >= 4 is 51.8 Å². The maximum absolute atomic E-state index is 13.3. The van der Waals surface area contributed by atoms with E-state index in [0.29, 0.717) is 44.0 Å². The van der Waals surface area contributed by atoms with Crippen LogP contribution in [0.15, 0.2) is 53.3 Å². The van der Waals surface area contributed by atoms with E-state index in [4.69, 9.17) is 39.9 Å². The molecule has 2 heterocycles. The molecule has 6 nitrogen and oxygen atoms in total. The first-order chi connectivity index (χ1) is 16.8. The lowest BCUT2D eigenvalue weighted by Crippen LogP contribution is -2.30. The van der Waals surface area contributed by atoms with Crippen LogP contribution in [-0.2, 0) is 6.54 Å². The number of hydrogen-bond acceptors (Lipinski definition) is 3. The van der Waals surface area contributed by atoms with Crippen molar-refractivity contribution in [2.75, 3.05) is 0 Å². The van der Waals surface area contributed by atoms with Crippen molar-refractivity contribution in [2.45, 2.75) is 38.6 Å². The summed E-state index contributed by atoms with van der Waals surface area (Å²) >= 11 is 18.8. The van der Waals surface area contributed by atoms with Gasteiger partial charge in [-0.3, -0.25) is 9.36 Å². The van der Waals surface area contributed by atoms with Gasteiger partial charge in [0.15, 0.2) is 5.65 Å². The molecular formula is C26H22Cl3N3O3. The maximum Gasteiger partial charge on any atom is 0.341 e. The molecule has 0 radical (unpaired) electrons. The van der Waals surface area contributed by atoms with Gasteiger partial charge in [0.25, 0.3) is 5.56 Å². The summed E-state index contributed by atoms with van der Waals surface area (Å²) in [7, 11) is 0. The highest BCUT2D eigenvalue weighted by Crippen LogP contribution is 2.35. The Morgan fingerprint density at radius 3 is 2.31 bits per heavy atom. The van der Waals surface area contributed by atoms with Crippen LogP contribution in [0.25, 0.3) is 28.0 Å². The third-order valence-corrected chi connectivity index (χ3v) is 7.36. The Hall–Kier alpha value is -2.80. The van der Waals surface area contributed by atoms with Crippen molar-refractivity contribution in [1.82, 2.24) is 14.3 Å². The van der Waals surface area contributed by atoms with E-state index in [1.165, 1.54) is 17.1 Å².